The molecule has 0 heterocycles. The summed E-state index contributed by atoms with van der Waals surface area (Å²) in [5.74, 6) is 0. The molecular weight excluding hydrogens is 406 g/mol. The van der Waals surface area contributed by atoms with Gasteiger partial charge in [0.2, 0.25) is 0 Å². The fourth-order valence-corrected chi connectivity index (χ4v) is 2.16. The van der Waals surface area contributed by atoms with Crippen LogP contribution in [-0.4, -0.2) is 17.5 Å². The summed E-state index contributed by atoms with van der Waals surface area (Å²) in [5, 5.41) is 10.3. The largest absolute Gasteiger partial charge is 0.298 e. The van der Waals surface area contributed by atoms with Gasteiger partial charge < -0.3 is 0 Å². The van der Waals surface area contributed by atoms with Gasteiger partial charge in [-0.05, 0) is 24.3 Å². The number of hydrogen-bond acceptors (Lipinski definition) is 4. The van der Waals surface area contributed by atoms with Crippen LogP contribution >= 0.6 is 31.9 Å². The average molecular weight is 415 g/mol. The van der Waals surface area contributed by atoms with Crippen molar-refractivity contribution in [1.82, 2.24) is 0 Å². The fourth-order valence-electron chi connectivity index (χ4n) is 1.37. The second-order valence-corrected chi connectivity index (χ2v) is 5.58. The number of hydrogen-bond donors (Lipinski definition) is 0. The van der Waals surface area contributed by atoms with Crippen LogP contribution in [0.25, 0.3) is 0 Å². The summed E-state index contributed by atoms with van der Waals surface area (Å²) in [4.78, 5) is 30.2. The molecule has 0 fully saturated rings. The Hall–Kier alpha value is -1.86. The second-order valence-electron chi connectivity index (χ2n) is 3.75. The summed E-state index contributed by atoms with van der Waals surface area (Å²) in [5.41, 5.74) is 0.604. The molecule has 5 nitrogen and oxygen atoms in total. The van der Waals surface area contributed by atoms with Gasteiger partial charge in [-0.2, -0.15) is 0 Å². The molecule has 0 saturated carbocycles. The Labute approximate surface area is 137 Å². The van der Waals surface area contributed by atoms with Crippen molar-refractivity contribution in [3.63, 3.8) is 0 Å². The topological polar surface area (TPSA) is 77.3 Å². The maximum absolute atomic E-state index is 10.4. The maximum atomic E-state index is 10.4. The van der Waals surface area contributed by atoms with Crippen molar-refractivity contribution in [3.05, 3.63) is 72.7 Å². The Morgan fingerprint density at radius 3 is 2.10 bits per heavy atom. The summed E-state index contributed by atoms with van der Waals surface area (Å²) < 4.78 is 1.59. The Kier molecular flexibility index (Phi) is 6.90. The molecule has 0 aliphatic rings. The molecule has 0 aromatic heterocycles. The third kappa shape index (κ3) is 5.57. The van der Waals surface area contributed by atoms with E-state index in [1.54, 1.807) is 12.1 Å². The van der Waals surface area contributed by atoms with E-state index < -0.39 is 4.92 Å². The minimum Gasteiger partial charge on any atom is -0.298 e. The van der Waals surface area contributed by atoms with Gasteiger partial charge in [-0.15, -0.1) is 0 Å². The summed E-state index contributed by atoms with van der Waals surface area (Å²) in [6.45, 7) is 0. The number of nitro benzene ring substituents is 1. The standard InChI is InChI=1S/C7H4BrNO3.C7H5BrO/c8-6-1-2-7(9(11)12)5(3-6)4-10;8-7-3-1-2-6(4-7)5-9/h1-4H;1-5H. The molecule has 7 heteroatoms. The minimum atomic E-state index is -0.587. The number of benzene rings is 2. The summed E-state index contributed by atoms with van der Waals surface area (Å²) in [6.07, 6.45) is 1.29. The number of nitrogens with zero attached hydrogens (tertiary/aromatic N) is 1. The van der Waals surface area contributed by atoms with Crippen LogP contribution < -0.4 is 0 Å². The van der Waals surface area contributed by atoms with Crippen molar-refractivity contribution in [2.24, 2.45) is 0 Å². The molecule has 2 aromatic rings. The van der Waals surface area contributed by atoms with Crippen molar-refractivity contribution in [3.8, 4) is 0 Å². The van der Waals surface area contributed by atoms with Crippen LogP contribution in [0.4, 0.5) is 5.69 Å². The van der Waals surface area contributed by atoms with Gasteiger partial charge in [-0.3, -0.25) is 19.7 Å². The first-order chi connectivity index (χ1) is 9.97. The van der Waals surface area contributed by atoms with Crippen LogP contribution in [0.5, 0.6) is 0 Å². The number of aldehydes is 2. The van der Waals surface area contributed by atoms with E-state index in [4.69, 9.17) is 0 Å². The summed E-state index contributed by atoms with van der Waals surface area (Å²) in [7, 11) is 0. The molecule has 0 bridgehead atoms. The predicted octanol–water partition coefficient (Wildman–Crippen LogP) is 4.43. The molecule has 0 radical (unpaired) electrons. The van der Waals surface area contributed by atoms with Gasteiger partial charge in [-0.1, -0.05) is 44.0 Å². The Morgan fingerprint density at radius 2 is 1.62 bits per heavy atom. The molecule has 2 rings (SSSR count). The van der Waals surface area contributed by atoms with Crippen LogP contribution in [-0.2, 0) is 0 Å². The van der Waals surface area contributed by atoms with Crippen molar-refractivity contribution >= 4 is 50.1 Å². The first-order valence-electron chi connectivity index (χ1n) is 5.57. The molecular formula is C14H9Br2NO4. The molecule has 0 aliphatic heterocycles. The molecule has 0 atom stereocenters. The highest BCUT2D eigenvalue weighted by atomic mass is 79.9. The van der Waals surface area contributed by atoms with Crippen LogP contribution in [0, 0.1) is 10.1 Å². The highest BCUT2D eigenvalue weighted by Gasteiger charge is 2.11. The van der Waals surface area contributed by atoms with Gasteiger partial charge in [0.1, 0.15) is 6.29 Å². The number of carbonyl (C=O) groups is 2. The fraction of sp³-hybridized carbons (Fsp3) is 0. The lowest BCUT2D eigenvalue weighted by Gasteiger charge is -1.94. The van der Waals surface area contributed by atoms with E-state index in [0.29, 0.717) is 16.3 Å². The Bertz CT molecular complexity index is 674. The highest BCUT2D eigenvalue weighted by molar-refractivity contribution is 9.10. The third-order valence-corrected chi connectivity index (χ3v) is 3.28. The molecule has 0 spiro atoms. The van der Waals surface area contributed by atoms with Gasteiger partial charge in [0.05, 0.1) is 10.5 Å². The third-order valence-electron chi connectivity index (χ3n) is 2.30. The van der Waals surface area contributed by atoms with Crippen LogP contribution in [0.15, 0.2) is 51.4 Å². The average Bonchev–Trinajstić information content (AvgIpc) is 2.47. The van der Waals surface area contributed by atoms with Gasteiger partial charge in [-0.25, -0.2) is 0 Å². The van der Waals surface area contributed by atoms with Crippen LogP contribution in [0.3, 0.4) is 0 Å². The predicted molar refractivity (Wildman–Crippen MR) is 85.7 cm³/mol. The molecule has 0 amide bonds. The molecule has 21 heavy (non-hydrogen) atoms. The molecule has 0 saturated heterocycles. The quantitative estimate of drug-likeness (QED) is 0.422. The molecule has 0 unspecified atom stereocenters. The van der Waals surface area contributed by atoms with E-state index in [0.717, 1.165) is 10.8 Å². The van der Waals surface area contributed by atoms with Gasteiger partial charge in [0.15, 0.2) is 6.29 Å². The lowest BCUT2D eigenvalue weighted by atomic mass is 10.2. The normalized spacial score (nSPS) is 9.24. The zero-order chi connectivity index (χ0) is 15.8. The minimum absolute atomic E-state index is 0.0781. The van der Waals surface area contributed by atoms with E-state index in [-0.39, 0.29) is 11.3 Å². The van der Waals surface area contributed by atoms with Crippen LogP contribution in [0.2, 0.25) is 0 Å². The van der Waals surface area contributed by atoms with E-state index in [1.165, 1.54) is 18.2 Å². The van der Waals surface area contributed by atoms with Gasteiger partial charge in [0.25, 0.3) is 5.69 Å². The highest BCUT2D eigenvalue weighted by Crippen LogP contribution is 2.20. The lowest BCUT2D eigenvalue weighted by molar-refractivity contribution is -0.385. The van der Waals surface area contributed by atoms with Crippen molar-refractivity contribution in [2.75, 3.05) is 0 Å². The monoisotopic (exact) mass is 413 g/mol. The second kappa shape index (κ2) is 8.43. The molecule has 0 N–H and O–H groups in total. The molecule has 108 valence electrons. The maximum Gasteiger partial charge on any atom is 0.279 e. The zero-order valence-electron chi connectivity index (χ0n) is 10.5. The van der Waals surface area contributed by atoms with Crippen molar-refractivity contribution < 1.29 is 14.5 Å². The first kappa shape index (κ1) is 17.2. The van der Waals surface area contributed by atoms with Crippen LogP contribution in [0.1, 0.15) is 20.7 Å². The SMILES string of the molecule is O=Cc1cc(Br)ccc1[N+](=O)[O-].O=Cc1cccc(Br)c1. The van der Waals surface area contributed by atoms with E-state index in [1.807, 2.05) is 12.1 Å². The van der Waals surface area contributed by atoms with Crippen molar-refractivity contribution in [1.29, 1.82) is 0 Å². The van der Waals surface area contributed by atoms with E-state index in [2.05, 4.69) is 31.9 Å². The summed E-state index contributed by atoms with van der Waals surface area (Å²) >= 11 is 6.35. The molecule has 2 aromatic carbocycles. The Balaban J connectivity index is 0.000000219. The Morgan fingerprint density at radius 1 is 0.952 bits per heavy atom. The summed E-state index contributed by atoms with van der Waals surface area (Å²) in [6, 6.07) is 11.5. The van der Waals surface area contributed by atoms with Crippen molar-refractivity contribution in [2.45, 2.75) is 0 Å². The lowest BCUT2D eigenvalue weighted by Crippen LogP contribution is -1.93. The molecule has 0 aliphatic carbocycles. The van der Waals surface area contributed by atoms with Gasteiger partial charge >= 0.3 is 0 Å². The van der Waals surface area contributed by atoms with E-state index in [9.17, 15) is 19.7 Å². The number of rotatable bonds is 3. The van der Waals surface area contributed by atoms with E-state index >= 15 is 0 Å². The van der Waals surface area contributed by atoms with Gasteiger partial charge in [0, 0.05) is 20.6 Å². The zero-order valence-corrected chi connectivity index (χ0v) is 13.7. The smallest absolute Gasteiger partial charge is 0.279 e. The number of halogens is 2. The number of carbonyl (C=O) groups excluding carboxylic acids is 2. The first-order valence-corrected chi connectivity index (χ1v) is 7.16. The number of nitro groups is 1.